The van der Waals surface area contributed by atoms with Gasteiger partial charge in [0.05, 0.1) is 10.0 Å². The first-order chi connectivity index (χ1) is 7.94. The van der Waals surface area contributed by atoms with E-state index in [-0.39, 0.29) is 6.04 Å². The van der Waals surface area contributed by atoms with Gasteiger partial charge in [0.2, 0.25) is 0 Å². The van der Waals surface area contributed by atoms with E-state index in [4.69, 9.17) is 0 Å². The molecule has 2 aliphatic heterocycles. The maximum Gasteiger partial charge on any atom is 0.306 e. The van der Waals surface area contributed by atoms with Gasteiger partial charge in [-0.1, -0.05) is 26.7 Å². The Hall–Kier alpha value is -1.02. The highest BCUT2D eigenvalue weighted by Gasteiger charge is 2.76. The number of amides is 4. The van der Waals surface area contributed by atoms with Gasteiger partial charge >= 0.3 is 10.5 Å². The average molecular weight is 276 g/mol. The predicted molar refractivity (Wildman–Crippen MR) is 66.2 cm³/mol. The zero-order valence-electron chi connectivity index (χ0n) is 9.37. The summed E-state index contributed by atoms with van der Waals surface area (Å²) < 4.78 is 0.551. The van der Waals surface area contributed by atoms with Gasteiger partial charge in [0.1, 0.15) is 0 Å². The summed E-state index contributed by atoms with van der Waals surface area (Å²) in [6.07, 6.45) is 1.24. The first-order valence-electron chi connectivity index (χ1n) is 5.22. The summed E-state index contributed by atoms with van der Waals surface area (Å²) in [4.78, 5) is 48.0. The second-order valence-electron chi connectivity index (χ2n) is 3.83. The summed E-state index contributed by atoms with van der Waals surface area (Å²) in [5.41, 5.74) is 0. The molecule has 0 atom stereocenters. The van der Waals surface area contributed by atoms with Crippen LogP contribution in [0.2, 0.25) is 0 Å². The third-order valence-electron chi connectivity index (χ3n) is 3.09. The van der Waals surface area contributed by atoms with Crippen molar-refractivity contribution in [2.45, 2.75) is 32.7 Å². The van der Waals surface area contributed by atoms with E-state index in [0.717, 1.165) is 4.90 Å². The second-order valence-corrected chi connectivity index (χ2v) is 6.85. The molecule has 0 unspecified atom stereocenters. The number of hydrogen-bond donors (Lipinski definition) is 1. The fraction of sp³-hybridized carbons (Fsp3) is 0.556. The van der Waals surface area contributed by atoms with Crippen molar-refractivity contribution in [2.24, 2.45) is 0 Å². The van der Waals surface area contributed by atoms with Crippen LogP contribution in [0.15, 0.2) is 0 Å². The largest absolute Gasteiger partial charge is 0.306 e. The van der Waals surface area contributed by atoms with E-state index in [2.05, 4.69) is 12.8 Å². The molecule has 8 heteroatoms. The van der Waals surface area contributed by atoms with E-state index in [0.29, 0.717) is 17.1 Å². The molecular formula is C9H12N2O4S2. The van der Waals surface area contributed by atoms with Crippen molar-refractivity contribution in [1.29, 1.82) is 0 Å². The van der Waals surface area contributed by atoms with Gasteiger partial charge in [-0.05, 0) is 12.8 Å². The molecule has 2 rings (SSSR count). The SMILES string of the molecule is CCC(CC)N1C(=O)S2(C(=O)N(S)C2=O)C1=O. The van der Waals surface area contributed by atoms with Crippen LogP contribution in [0.5, 0.6) is 0 Å². The first-order valence-corrected chi connectivity index (χ1v) is 7.25. The topological polar surface area (TPSA) is 74.8 Å². The molecule has 2 heterocycles. The lowest BCUT2D eigenvalue weighted by Crippen LogP contribution is -2.69. The Labute approximate surface area is 105 Å². The van der Waals surface area contributed by atoms with Crippen molar-refractivity contribution < 1.29 is 19.2 Å². The van der Waals surface area contributed by atoms with Gasteiger partial charge in [-0.25, -0.2) is 4.31 Å². The molecule has 2 fully saturated rings. The van der Waals surface area contributed by atoms with Crippen LogP contribution in [0.3, 0.4) is 0 Å². The van der Waals surface area contributed by atoms with E-state index in [9.17, 15) is 19.2 Å². The van der Waals surface area contributed by atoms with Crippen LogP contribution in [0, 0.1) is 0 Å². The van der Waals surface area contributed by atoms with Crippen molar-refractivity contribution in [3.63, 3.8) is 0 Å². The number of carbonyl (C=O) groups excluding carboxylic acids is 4. The van der Waals surface area contributed by atoms with Crippen LogP contribution in [-0.4, -0.2) is 36.2 Å². The average Bonchev–Trinajstić information content (AvgIpc) is 2.35. The zero-order chi connectivity index (χ0) is 13.0. The molecule has 0 N–H and O–H groups in total. The molecule has 2 saturated heterocycles. The Bertz CT molecular complexity index is 412. The monoisotopic (exact) mass is 276 g/mol. The smallest absolute Gasteiger partial charge is 0.261 e. The van der Waals surface area contributed by atoms with Gasteiger partial charge in [-0.15, -0.1) is 0 Å². The van der Waals surface area contributed by atoms with E-state index >= 15 is 0 Å². The fourth-order valence-electron chi connectivity index (χ4n) is 2.03. The molecule has 0 aliphatic carbocycles. The molecule has 6 nitrogen and oxygen atoms in total. The van der Waals surface area contributed by atoms with Crippen LogP contribution < -0.4 is 0 Å². The number of hydrogen-bond acceptors (Lipinski definition) is 5. The molecule has 0 saturated carbocycles. The molecule has 0 bridgehead atoms. The van der Waals surface area contributed by atoms with Crippen molar-refractivity contribution >= 4 is 43.8 Å². The number of carbonyl (C=O) groups is 4. The maximum absolute atomic E-state index is 11.9. The van der Waals surface area contributed by atoms with Crippen molar-refractivity contribution in [2.75, 3.05) is 0 Å². The number of nitrogens with zero attached hydrogens (tertiary/aromatic N) is 2. The van der Waals surface area contributed by atoms with Crippen molar-refractivity contribution in [3.8, 4) is 0 Å². The van der Waals surface area contributed by atoms with E-state index in [1.807, 2.05) is 13.8 Å². The van der Waals surface area contributed by atoms with Crippen LogP contribution in [-0.2, 0) is 0 Å². The molecule has 0 radical (unpaired) electrons. The summed E-state index contributed by atoms with van der Waals surface area (Å²) >= 11 is 3.62. The summed E-state index contributed by atoms with van der Waals surface area (Å²) in [7, 11) is -3.05. The lowest BCUT2D eigenvalue weighted by molar-refractivity contribution is 0.185. The van der Waals surface area contributed by atoms with Crippen LogP contribution in [0.1, 0.15) is 26.7 Å². The molecule has 1 spiro atoms. The first kappa shape index (κ1) is 12.4. The highest BCUT2D eigenvalue weighted by Crippen LogP contribution is 2.70. The van der Waals surface area contributed by atoms with Gasteiger partial charge < -0.3 is 0 Å². The Balaban J connectivity index is 2.29. The molecule has 0 aromatic rings. The third-order valence-corrected chi connectivity index (χ3v) is 6.58. The minimum Gasteiger partial charge on any atom is -0.261 e. The summed E-state index contributed by atoms with van der Waals surface area (Å²) in [5.74, 6) is 0. The van der Waals surface area contributed by atoms with Gasteiger partial charge in [0, 0.05) is 6.04 Å². The van der Waals surface area contributed by atoms with E-state index in [1.165, 1.54) is 0 Å². The molecule has 17 heavy (non-hydrogen) atoms. The number of imide groups is 2. The quantitative estimate of drug-likeness (QED) is 0.804. The van der Waals surface area contributed by atoms with E-state index in [1.54, 1.807) is 0 Å². The lowest BCUT2D eigenvalue weighted by Gasteiger charge is -2.55. The minimum atomic E-state index is -3.05. The Morgan fingerprint density at radius 2 is 1.41 bits per heavy atom. The van der Waals surface area contributed by atoms with Gasteiger partial charge in [0.15, 0.2) is 0 Å². The Morgan fingerprint density at radius 1 is 1.00 bits per heavy atom. The van der Waals surface area contributed by atoms with Crippen LogP contribution in [0.25, 0.3) is 0 Å². The zero-order valence-corrected chi connectivity index (χ0v) is 11.1. The second kappa shape index (κ2) is 3.74. The van der Waals surface area contributed by atoms with Gasteiger partial charge in [0.25, 0.3) is 10.5 Å². The maximum atomic E-state index is 11.9. The Morgan fingerprint density at radius 3 is 1.76 bits per heavy atom. The predicted octanol–water partition coefficient (Wildman–Crippen LogP) is 2.94. The highest BCUT2D eigenvalue weighted by molar-refractivity contribution is 8.77. The number of thiol groups is 1. The lowest BCUT2D eigenvalue weighted by atomic mass is 10.1. The summed E-state index contributed by atoms with van der Waals surface area (Å²) in [6, 6.07) is -0.220. The molecule has 0 aromatic heterocycles. The molecule has 4 amide bonds. The molecule has 0 aromatic carbocycles. The fourth-order valence-corrected chi connectivity index (χ4v) is 5.13. The Kier molecular flexibility index (Phi) is 2.74. The van der Waals surface area contributed by atoms with E-state index < -0.39 is 31.0 Å². The molecule has 94 valence electrons. The number of rotatable bonds is 3. The van der Waals surface area contributed by atoms with Crippen molar-refractivity contribution in [1.82, 2.24) is 9.21 Å². The highest BCUT2D eigenvalue weighted by atomic mass is 32.3. The van der Waals surface area contributed by atoms with Gasteiger partial charge in [-0.2, -0.15) is 0 Å². The van der Waals surface area contributed by atoms with Crippen molar-refractivity contribution in [3.05, 3.63) is 0 Å². The third kappa shape index (κ3) is 1.14. The van der Waals surface area contributed by atoms with Crippen LogP contribution >= 0.6 is 22.8 Å². The summed E-state index contributed by atoms with van der Waals surface area (Å²) in [6.45, 7) is 3.70. The summed E-state index contributed by atoms with van der Waals surface area (Å²) in [5, 5.41) is -2.72. The molecular weight excluding hydrogens is 264 g/mol. The van der Waals surface area contributed by atoms with Gasteiger partial charge in [-0.3, -0.25) is 24.1 Å². The molecule has 2 aliphatic rings. The normalized spacial score (nSPS) is 24.2. The minimum absolute atomic E-state index is 0.220. The standard InChI is InChI=1S/C9H12N2O4S2/c1-3-5(4-2)10-6(12)17(7(10)13)8(14)11(16)9(17)15/h5,16H,3-4H2,1-2H3. The van der Waals surface area contributed by atoms with Crippen LogP contribution in [0.4, 0.5) is 19.2 Å².